The van der Waals surface area contributed by atoms with Crippen LogP contribution in [0.25, 0.3) is 0 Å². The SMILES string of the molecule is Cc1cc(C#N)cc(Oc2ccc(F)cc2)n1. The Bertz CT molecular complexity index is 573. The highest BCUT2D eigenvalue weighted by molar-refractivity contribution is 5.36. The Morgan fingerprint density at radius 3 is 2.59 bits per heavy atom. The number of hydrogen-bond donors (Lipinski definition) is 0. The summed E-state index contributed by atoms with van der Waals surface area (Å²) in [6.45, 7) is 1.78. The van der Waals surface area contributed by atoms with Crippen molar-refractivity contribution in [2.24, 2.45) is 0 Å². The second-order valence-electron chi connectivity index (χ2n) is 3.50. The van der Waals surface area contributed by atoms with Crippen molar-refractivity contribution in [3.8, 4) is 17.7 Å². The maximum absolute atomic E-state index is 12.7. The lowest BCUT2D eigenvalue weighted by Gasteiger charge is -2.05. The minimum atomic E-state index is -0.327. The standard InChI is InChI=1S/C13H9FN2O/c1-9-6-10(8-15)7-13(16-9)17-12-4-2-11(14)3-5-12/h2-7H,1H3. The van der Waals surface area contributed by atoms with E-state index in [-0.39, 0.29) is 5.82 Å². The van der Waals surface area contributed by atoms with Gasteiger partial charge in [0.15, 0.2) is 0 Å². The number of pyridine rings is 1. The molecule has 84 valence electrons. The lowest BCUT2D eigenvalue weighted by Crippen LogP contribution is -1.91. The minimum absolute atomic E-state index is 0.327. The van der Waals surface area contributed by atoms with Crippen LogP contribution < -0.4 is 4.74 Å². The van der Waals surface area contributed by atoms with Gasteiger partial charge in [-0.2, -0.15) is 5.26 Å². The van der Waals surface area contributed by atoms with Crippen LogP contribution in [0.2, 0.25) is 0 Å². The molecule has 0 N–H and O–H groups in total. The van der Waals surface area contributed by atoms with Crippen LogP contribution in [0, 0.1) is 24.1 Å². The summed E-state index contributed by atoms with van der Waals surface area (Å²) in [5, 5.41) is 8.81. The predicted molar refractivity (Wildman–Crippen MR) is 60.2 cm³/mol. The second-order valence-corrected chi connectivity index (χ2v) is 3.50. The van der Waals surface area contributed by atoms with Gasteiger partial charge in [0, 0.05) is 11.8 Å². The summed E-state index contributed by atoms with van der Waals surface area (Å²) in [5.74, 6) is 0.480. The van der Waals surface area contributed by atoms with Crippen molar-refractivity contribution in [2.75, 3.05) is 0 Å². The summed E-state index contributed by atoms with van der Waals surface area (Å²) in [7, 11) is 0. The van der Waals surface area contributed by atoms with E-state index in [4.69, 9.17) is 10.00 Å². The van der Waals surface area contributed by atoms with Gasteiger partial charge >= 0.3 is 0 Å². The van der Waals surface area contributed by atoms with Gasteiger partial charge in [-0.25, -0.2) is 9.37 Å². The van der Waals surface area contributed by atoms with Crippen LogP contribution in [0.1, 0.15) is 11.3 Å². The highest BCUT2D eigenvalue weighted by Gasteiger charge is 2.02. The number of hydrogen-bond acceptors (Lipinski definition) is 3. The number of nitrogens with zero attached hydrogens (tertiary/aromatic N) is 2. The van der Waals surface area contributed by atoms with E-state index in [1.165, 1.54) is 30.3 Å². The molecule has 0 atom stereocenters. The quantitative estimate of drug-likeness (QED) is 0.792. The van der Waals surface area contributed by atoms with Gasteiger partial charge in [0.2, 0.25) is 5.88 Å². The molecule has 0 unspecified atom stereocenters. The lowest BCUT2D eigenvalue weighted by atomic mass is 10.2. The Balaban J connectivity index is 2.27. The van der Waals surface area contributed by atoms with Gasteiger partial charge in [0.1, 0.15) is 11.6 Å². The van der Waals surface area contributed by atoms with Crippen LogP contribution in [-0.4, -0.2) is 4.98 Å². The molecular formula is C13H9FN2O. The first kappa shape index (κ1) is 11.1. The Morgan fingerprint density at radius 2 is 1.94 bits per heavy atom. The smallest absolute Gasteiger partial charge is 0.220 e. The number of benzene rings is 1. The molecule has 0 amide bonds. The maximum Gasteiger partial charge on any atom is 0.220 e. The molecule has 2 rings (SSSR count). The molecule has 0 spiro atoms. The molecule has 0 aliphatic carbocycles. The number of aryl methyl sites for hydroxylation is 1. The van der Waals surface area contributed by atoms with E-state index in [2.05, 4.69) is 4.98 Å². The Labute approximate surface area is 98.1 Å². The maximum atomic E-state index is 12.7. The molecule has 0 saturated carbocycles. The molecule has 1 aromatic heterocycles. The number of aromatic nitrogens is 1. The van der Waals surface area contributed by atoms with Gasteiger partial charge in [-0.1, -0.05) is 0 Å². The summed E-state index contributed by atoms with van der Waals surface area (Å²) in [5.41, 5.74) is 1.18. The fourth-order valence-corrected chi connectivity index (χ4v) is 1.38. The fourth-order valence-electron chi connectivity index (χ4n) is 1.38. The lowest BCUT2D eigenvalue weighted by molar-refractivity contribution is 0.460. The highest BCUT2D eigenvalue weighted by atomic mass is 19.1. The normalized spacial score (nSPS) is 9.71. The topological polar surface area (TPSA) is 45.9 Å². The zero-order valence-electron chi connectivity index (χ0n) is 9.14. The average molecular weight is 228 g/mol. The van der Waals surface area contributed by atoms with Gasteiger partial charge in [-0.05, 0) is 37.3 Å². The second kappa shape index (κ2) is 4.62. The van der Waals surface area contributed by atoms with Gasteiger partial charge in [0.25, 0.3) is 0 Å². The van der Waals surface area contributed by atoms with Gasteiger partial charge in [0.05, 0.1) is 11.6 Å². The van der Waals surface area contributed by atoms with E-state index in [0.717, 1.165) is 0 Å². The molecule has 0 bridgehead atoms. The van der Waals surface area contributed by atoms with E-state index in [1.54, 1.807) is 13.0 Å². The van der Waals surface area contributed by atoms with E-state index >= 15 is 0 Å². The molecule has 0 saturated heterocycles. The zero-order chi connectivity index (χ0) is 12.3. The summed E-state index contributed by atoms with van der Waals surface area (Å²) < 4.78 is 18.1. The van der Waals surface area contributed by atoms with E-state index in [1.807, 2.05) is 6.07 Å². The summed E-state index contributed by atoms with van der Waals surface area (Å²) in [6.07, 6.45) is 0. The molecule has 2 aromatic rings. The number of halogens is 1. The van der Waals surface area contributed by atoms with Crippen molar-refractivity contribution >= 4 is 0 Å². The third-order valence-electron chi connectivity index (χ3n) is 2.10. The Kier molecular flexibility index (Phi) is 3.01. The van der Waals surface area contributed by atoms with Crippen LogP contribution in [0.15, 0.2) is 36.4 Å². The first-order chi connectivity index (χ1) is 8.17. The molecule has 4 heteroatoms. The molecule has 0 aliphatic heterocycles. The zero-order valence-corrected chi connectivity index (χ0v) is 9.14. The molecular weight excluding hydrogens is 219 g/mol. The average Bonchev–Trinajstić information content (AvgIpc) is 2.31. The number of rotatable bonds is 2. The van der Waals surface area contributed by atoms with E-state index in [9.17, 15) is 4.39 Å². The number of nitriles is 1. The molecule has 0 fully saturated rings. The molecule has 3 nitrogen and oxygen atoms in total. The van der Waals surface area contributed by atoms with Gasteiger partial charge in [-0.3, -0.25) is 0 Å². The highest BCUT2D eigenvalue weighted by Crippen LogP contribution is 2.20. The van der Waals surface area contributed by atoms with E-state index in [0.29, 0.717) is 22.9 Å². The molecule has 17 heavy (non-hydrogen) atoms. The van der Waals surface area contributed by atoms with Crippen LogP contribution >= 0.6 is 0 Å². The van der Waals surface area contributed by atoms with E-state index < -0.39 is 0 Å². The molecule has 1 aromatic carbocycles. The third kappa shape index (κ3) is 2.79. The number of ether oxygens (including phenoxy) is 1. The van der Waals surface area contributed by atoms with Crippen LogP contribution in [-0.2, 0) is 0 Å². The molecule has 0 radical (unpaired) electrons. The first-order valence-electron chi connectivity index (χ1n) is 4.99. The first-order valence-corrected chi connectivity index (χ1v) is 4.99. The van der Waals surface area contributed by atoms with Crippen molar-refractivity contribution in [3.05, 3.63) is 53.5 Å². The summed E-state index contributed by atoms with van der Waals surface area (Å²) in [4.78, 5) is 4.13. The predicted octanol–water partition coefficient (Wildman–Crippen LogP) is 3.19. The Morgan fingerprint density at radius 1 is 1.24 bits per heavy atom. The van der Waals surface area contributed by atoms with Crippen LogP contribution in [0.4, 0.5) is 4.39 Å². The monoisotopic (exact) mass is 228 g/mol. The Hall–Kier alpha value is -2.41. The summed E-state index contributed by atoms with van der Waals surface area (Å²) >= 11 is 0. The van der Waals surface area contributed by atoms with Crippen molar-refractivity contribution < 1.29 is 9.13 Å². The van der Waals surface area contributed by atoms with Gasteiger partial charge < -0.3 is 4.74 Å². The fraction of sp³-hybridized carbons (Fsp3) is 0.0769. The van der Waals surface area contributed by atoms with Crippen molar-refractivity contribution in [1.29, 1.82) is 5.26 Å². The summed E-state index contributed by atoms with van der Waals surface area (Å²) in [6, 6.07) is 10.8. The van der Waals surface area contributed by atoms with Crippen LogP contribution in [0.3, 0.4) is 0 Å². The van der Waals surface area contributed by atoms with Gasteiger partial charge in [-0.15, -0.1) is 0 Å². The van der Waals surface area contributed by atoms with Crippen molar-refractivity contribution in [2.45, 2.75) is 6.92 Å². The van der Waals surface area contributed by atoms with Crippen LogP contribution in [0.5, 0.6) is 11.6 Å². The van der Waals surface area contributed by atoms with Crippen molar-refractivity contribution in [3.63, 3.8) is 0 Å². The minimum Gasteiger partial charge on any atom is -0.439 e. The molecule has 1 heterocycles. The largest absolute Gasteiger partial charge is 0.439 e. The van der Waals surface area contributed by atoms with Crippen molar-refractivity contribution in [1.82, 2.24) is 4.98 Å². The molecule has 0 aliphatic rings. The third-order valence-corrected chi connectivity index (χ3v) is 2.10.